The lowest BCUT2D eigenvalue weighted by atomic mass is 10.3. The summed E-state index contributed by atoms with van der Waals surface area (Å²) >= 11 is 1.72. The quantitative estimate of drug-likeness (QED) is 0.819. The predicted octanol–water partition coefficient (Wildman–Crippen LogP) is 1.81. The molecule has 1 aliphatic rings. The molecule has 5 heteroatoms. The van der Waals surface area contributed by atoms with Crippen LogP contribution in [0.3, 0.4) is 0 Å². The maximum Gasteiger partial charge on any atom is 0.234 e. The average Bonchev–Trinajstić information content (AvgIpc) is 2.99. The van der Waals surface area contributed by atoms with Gasteiger partial charge in [-0.25, -0.2) is 4.98 Å². The number of nitrogens with zero attached hydrogens (tertiary/aromatic N) is 2. The molecule has 2 rings (SSSR count). The van der Waals surface area contributed by atoms with Gasteiger partial charge >= 0.3 is 0 Å². The van der Waals surface area contributed by atoms with Crippen molar-refractivity contribution in [2.24, 2.45) is 0 Å². The van der Waals surface area contributed by atoms with Gasteiger partial charge in [-0.15, -0.1) is 11.3 Å². The van der Waals surface area contributed by atoms with Crippen molar-refractivity contribution in [3.8, 4) is 0 Å². The van der Waals surface area contributed by atoms with Crippen LogP contribution in [0, 0.1) is 0 Å². The molecule has 0 aliphatic heterocycles. The van der Waals surface area contributed by atoms with Gasteiger partial charge in [-0.1, -0.05) is 6.92 Å². The third kappa shape index (κ3) is 4.38. The Bertz CT molecular complexity index is 401. The first kappa shape index (κ1) is 13.5. The number of nitrogens with one attached hydrogen (secondary N) is 1. The highest BCUT2D eigenvalue weighted by Crippen LogP contribution is 2.18. The highest BCUT2D eigenvalue weighted by atomic mass is 32.1. The summed E-state index contributed by atoms with van der Waals surface area (Å²) in [6.45, 7) is 3.37. The molecule has 1 aromatic heterocycles. The monoisotopic (exact) mass is 267 g/mol. The van der Waals surface area contributed by atoms with Crippen LogP contribution < -0.4 is 5.32 Å². The highest BCUT2D eigenvalue weighted by molar-refractivity contribution is 7.09. The van der Waals surface area contributed by atoms with E-state index >= 15 is 0 Å². The molecular formula is C13H21N3OS. The third-order valence-corrected chi connectivity index (χ3v) is 3.81. The Kier molecular flexibility index (Phi) is 4.72. The molecule has 1 heterocycles. The summed E-state index contributed by atoms with van der Waals surface area (Å²) < 4.78 is 0. The van der Waals surface area contributed by atoms with Crippen molar-refractivity contribution >= 4 is 17.2 Å². The van der Waals surface area contributed by atoms with Crippen molar-refractivity contribution in [1.82, 2.24) is 15.2 Å². The fourth-order valence-corrected chi connectivity index (χ4v) is 2.72. The lowest BCUT2D eigenvalue weighted by Gasteiger charge is -2.14. The number of aryl methyl sites for hydroxylation is 1. The van der Waals surface area contributed by atoms with E-state index in [1.165, 1.54) is 5.01 Å². The molecule has 1 saturated carbocycles. The van der Waals surface area contributed by atoms with Crippen LogP contribution in [0.4, 0.5) is 0 Å². The number of aromatic nitrogens is 1. The van der Waals surface area contributed by atoms with Crippen LogP contribution in [0.5, 0.6) is 0 Å². The summed E-state index contributed by atoms with van der Waals surface area (Å²) in [7, 11) is 1.96. The number of rotatable bonds is 7. The topological polar surface area (TPSA) is 45.2 Å². The summed E-state index contributed by atoms with van der Waals surface area (Å²) in [5.74, 6) is 0.129. The first-order valence-corrected chi connectivity index (χ1v) is 7.46. The molecule has 0 saturated heterocycles. The summed E-state index contributed by atoms with van der Waals surface area (Å²) in [5.41, 5.74) is 1.07. The van der Waals surface area contributed by atoms with Crippen LogP contribution in [0.1, 0.15) is 36.9 Å². The Balaban J connectivity index is 1.74. The number of hydrogen-bond acceptors (Lipinski definition) is 4. The van der Waals surface area contributed by atoms with E-state index in [0.29, 0.717) is 12.6 Å². The van der Waals surface area contributed by atoms with Crippen LogP contribution in [0.15, 0.2) is 5.38 Å². The second-order valence-corrected chi connectivity index (χ2v) is 5.94. The molecule has 4 nitrogen and oxygen atoms in total. The zero-order valence-electron chi connectivity index (χ0n) is 11.1. The molecule has 18 heavy (non-hydrogen) atoms. The molecule has 1 fully saturated rings. The summed E-state index contributed by atoms with van der Waals surface area (Å²) in [5, 5.41) is 6.29. The van der Waals surface area contributed by atoms with Crippen molar-refractivity contribution in [3.05, 3.63) is 16.1 Å². The van der Waals surface area contributed by atoms with Crippen molar-refractivity contribution < 1.29 is 4.79 Å². The van der Waals surface area contributed by atoms with Crippen molar-refractivity contribution in [1.29, 1.82) is 0 Å². The predicted molar refractivity (Wildman–Crippen MR) is 73.6 cm³/mol. The Morgan fingerprint density at radius 1 is 1.61 bits per heavy atom. The highest BCUT2D eigenvalue weighted by Gasteiger charge is 2.23. The van der Waals surface area contributed by atoms with Gasteiger partial charge < -0.3 is 5.32 Å². The van der Waals surface area contributed by atoms with E-state index in [4.69, 9.17) is 0 Å². The van der Waals surface area contributed by atoms with E-state index in [0.717, 1.165) is 37.9 Å². The maximum atomic E-state index is 11.6. The minimum atomic E-state index is 0.129. The van der Waals surface area contributed by atoms with E-state index in [1.807, 2.05) is 11.9 Å². The van der Waals surface area contributed by atoms with E-state index in [1.54, 1.807) is 11.3 Å². The molecule has 100 valence electrons. The van der Waals surface area contributed by atoms with Crippen molar-refractivity contribution in [2.75, 3.05) is 13.6 Å². The van der Waals surface area contributed by atoms with Crippen LogP contribution in [0.2, 0.25) is 0 Å². The Hall–Kier alpha value is -0.940. The Morgan fingerprint density at radius 3 is 3.06 bits per heavy atom. The van der Waals surface area contributed by atoms with Crippen LogP contribution >= 0.6 is 11.3 Å². The van der Waals surface area contributed by atoms with Gasteiger partial charge in [0.15, 0.2) is 0 Å². The minimum absolute atomic E-state index is 0.129. The normalized spacial score (nSPS) is 15.1. The molecule has 0 bridgehead atoms. The summed E-state index contributed by atoms with van der Waals surface area (Å²) in [6.07, 6.45) is 4.47. The van der Waals surface area contributed by atoms with Crippen LogP contribution in [-0.2, 0) is 17.8 Å². The molecule has 0 atom stereocenters. The fraction of sp³-hybridized carbons (Fsp3) is 0.692. The SMILES string of the molecule is CCCc1nc(CN(C)CC(=O)NC2CC2)cs1. The average molecular weight is 267 g/mol. The van der Waals surface area contributed by atoms with Gasteiger partial charge in [0.2, 0.25) is 5.91 Å². The van der Waals surface area contributed by atoms with E-state index < -0.39 is 0 Å². The molecule has 0 unspecified atom stereocenters. The number of thiazole rings is 1. The molecule has 1 N–H and O–H groups in total. The lowest BCUT2D eigenvalue weighted by molar-refractivity contribution is -0.122. The summed E-state index contributed by atoms with van der Waals surface area (Å²) in [6, 6.07) is 0.446. The maximum absolute atomic E-state index is 11.6. The second kappa shape index (κ2) is 6.29. The van der Waals surface area contributed by atoms with E-state index in [-0.39, 0.29) is 5.91 Å². The van der Waals surface area contributed by atoms with Gasteiger partial charge in [0, 0.05) is 18.0 Å². The minimum Gasteiger partial charge on any atom is -0.352 e. The van der Waals surface area contributed by atoms with Crippen molar-refractivity contribution in [3.63, 3.8) is 0 Å². The molecule has 0 spiro atoms. The van der Waals surface area contributed by atoms with Gasteiger partial charge in [0.1, 0.15) is 0 Å². The molecule has 1 aromatic rings. The fourth-order valence-electron chi connectivity index (χ4n) is 1.83. The molecular weight excluding hydrogens is 246 g/mol. The van der Waals surface area contributed by atoms with Gasteiger partial charge in [0.05, 0.1) is 17.2 Å². The lowest BCUT2D eigenvalue weighted by Crippen LogP contribution is -2.35. The van der Waals surface area contributed by atoms with Gasteiger partial charge in [-0.2, -0.15) is 0 Å². The van der Waals surface area contributed by atoms with Crippen LogP contribution in [-0.4, -0.2) is 35.4 Å². The number of amides is 1. The Morgan fingerprint density at radius 2 is 2.39 bits per heavy atom. The number of hydrogen-bond donors (Lipinski definition) is 1. The largest absolute Gasteiger partial charge is 0.352 e. The van der Waals surface area contributed by atoms with E-state index in [9.17, 15) is 4.79 Å². The molecule has 0 radical (unpaired) electrons. The first-order valence-electron chi connectivity index (χ1n) is 6.58. The van der Waals surface area contributed by atoms with E-state index in [2.05, 4.69) is 22.6 Å². The van der Waals surface area contributed by atoms with Gasteiger partial charge in [0.25, 0.3) is 0 Å². The third-order valence-electron chi connectivity index (χ3n) is 2.85. The Labute approximate surface area is 112 Å². The standard InChI is InChI=1S/C13H21N3OS/c1-3-4-13-15-11(9-18-13)7-16(2)8-12(17)14-10-5-6-10/h9-10H,3-8H2,1-2H3,(H,14,17). The summed E-state index contributed by atoms with van der Waals surface area (Å²) in [4.78, 5) is 18.2. The number of likely N-dealkylation sites (N-methyl/N-ethyl adjacent to an activating group) is 1. The van der Waals surface area contributed by atoms with Crippen LogP contribution in [0.25, 0.3) is 0 Å². The second-order valence-electron chi connectivity index (χ2n) is 5.00. The molecule has 1 amide bonds. The molecule has 1 aliphatic carbocycles. The van der Waals surface area contributed by atoms with Crippen molar-refractivity contribution in [2.45, 2.75) is 45.2 Å². The number of carbonyl (C=O) groups excluding carboxylic acids is 1. The van der Waals surface area contributed by atoms with Gasteiger partial charge in [-0.3, -0.25) is 9.69 Å². The van der Waals surface area contributed by atoms with Gasteiger partial charge in [-0.05, 0) is 32.7 Å². The molecule has 0 aromatic carbocycles. The zero-order valence-corrected chi connectivity index (χ0v) is 11.9. The number of carbonyl (C=O) groups is 1. The zero-order chi connectivity index (χ0) is 13.0. The first-order chi connectivity index (χ1) is 8.67. The smallest absolute Gasteiger partial charge is 0.234 e.